The summed E-state index contributed by atoms with van der Waals surface area (Å²) in [6.45, 7) is 3.48. The van der Waals surface area contributed by atoms with Gasteiger partial charge in [0.25, 0.3) is 0 Å². The normalized spacial score (nSPS) is 15.9. The molecule has 0 N–H and O–H groups in total. The van der Waals surface area contributed by atoms with Gasteiger partial charge in [-0.3, -0.25) is 0 Å². The van der Waals surface area contributed by atoms with Gasteiger partial charge in [-0.15, -0.1) is 0 Å². The van der Waals surface area contributed by atoms with Crippen molar-refractivity contribution in [2.45, 2.75) is 19.6 Å². The first-order valence-corrected chi connectivity index (χ1v) is 7.36. The van der Waals surface area contributed by atoms with Gasteiger partial charge in [-0.05, 0) is 24.5 Å². The van der Waals surface area contributed by atoms with E-state index >= 15 is 0 Å². The zero-order valence-corrected chi connectivity index (χ0v) is 12.3. The summed E-state index contributed by atoms with van der Waals surface area (Å²) in [7, 11) is 0. The van der Waals surface area contributed by atoms with Gasteiger partial charge in [0.05, 0.1) is 13.2 Å². The molecular formula is C19H20O2. The number of hydrogen-bond donors (Lipinski definition) is 0. The van der Waals surface area contributed by atoms with E-state index in [0.717, 1.165) is 12.0 Å². The summed E-state index contributed by atoms with van der Waals surface area (Å²) in [6, 6.07) is 17.0. The third-order valence-corrected chi connectivity index (χ3v) is 3.61. The van der Waals surface area contributed by atoms with Gasteiger partial charge in [-0.2, -0.15) is 0 Å². The Hall–Kier alpha value is -1.90. The summed E-state index contributed by atoms with van der Waals surface area (Å²) >= 11 is 0. The molecule has 0 saturated carbocycles. The summed E-state index contributed by atoms with van der Waals surface area (Å²) in [5.41, 5.74) is 4.92. The lowest BCUT2D eigenvalue weighted by atomic mass is 10.1. The summed E-state index contributed by atoms with van der Waals surface area (Å²) in [5.74, 6) is 0. The molecule has 0 aliphatic carbocycles. The van der Waals surface area contributed by atoms with Crippen LogP contribution in [0.3, 0.4) is 0 Å². The molecule has 0 unspecified atom stereocenters. The van der Waals surface area contributed by atoms with E-state index in [1.807, 2.05) is 0 Å². The van der Waals surface area contributed by atoms with Crippen molar-refractivity contribution in [1.29, 1.82) is 0 Å². The van der Waals surface area contributed by atoms with Crippen LogP contribution in [-0.4, -0.2) is 13.2 Å². The Kier molecular flexibility index (Phi) is 4.49. The number of allylic oxidation sites excluding steroid dienone is 1. The lowest BCUT2D eigenvalue weighted by Crippen LogP contribution is -1.97. The van der Waals surface area contributed by atoms with Gasteiger partial charge >= 0.3 is 0 Å². The molecule has 2 nitrogen and oxygen atoms in total. The number of hydrogen-bond acceptors (Lipinski definition) is 2. The zero-order valence-electron chi connectivity index (χ0n) is 12.3. The van der Waals surface area contributed by atoms with Gasteiger partial charge < -0.3 is 9.47 Å². The van der Waals surface area contributed by atoms with Crippen LogP contribution in [0.1, 0.15) is 28.5 Å². The first-order valence-electron chi connectivity index (χ1n) is 7.36. The standard InChI is InChI=1S/C19H20O2/c1-15-5-7-16(8-6-15)3-2-4-17-9-11-18(12-10-17)19-20-13-14-21-19/h2-3,5-12,19H,4,13-14H2,1H3/b3-2+. The first kappa shape index (κ1) is 14.1. The maximum atomic E-state index is 5.49. The highest BCUT2D eigenvalue weighted by atomic mass is 16.7. The predicted molar refractivity (Wildman–Crippen MR) is 85.0 cm³/mol. The van der Waals surface area contributed by atoms with Gasteiger partial charge in [0.1, 0.15) is 0 Å². The van der Waals surface area contributed by atoms with Crippen molar-refractivity contribution in [2.24, 2.45) is 0 Å². The molecule has 2 aromatic rings. The van der Waals surface area contributed by atoms with E-state index in [4.69, 9.17) is 9.47 Å². The Morgan fingerprint density at radius 2 is 1.62 bits per heavy atom. The van der Waals surface area contributed by atoms with E-state index in [9.17, 15) is 0 Å². The summed E-state index contributed by atoms with van der Waals surface area (Å²) in [6.07, 6.45) is 5.11. The molecule has 2 aromatic carbocycles. The zero-order chi connectivity index (χ0) is 14.5. The third-order valence-electron chi connectivity index (χ3n) is 3.61. The quantitative estimate of drug-likeness (QED) is 0.831. The Bertz CT molecular complexity index is 590. The fraction of sp³-hybridized carbons (Fsp3) is 0.263. The van der Waals surface area contributed by atoms with E-state index in [1.165, 1.54) is 16.7 Å². The monoisotopic (exact) mass is 280 g/mol. The van der Waals surface area contributed by atoms with Crippen LogP contribution in [0.4, 0.5) is 0 Å². The van der Waals surface area contributed by atoms with Gasteiger partial charge in [0.2, 0.25) is 0 Å². The Morgan fingerprint density at radius 3 is 2.29 bits per heavy atom. The first-order chi connectivity index (χ1) is 10.3. The molecule has 1 saturated heterocycles. The van der Waals surface area contributed by atoms with Crippen molar-refractivity contribution < 1.29 is 9.47 Å². The SMILES string of the molecule is Cc1ccc(/C=C/Cc2ccc(C3OCCO3)cc2)cc1. The van der Waals surface area contributed by atoms with Gasteiger partial charge in [-0.25, -0.2) is 0 Å². The average Bonchev–Trinajstić information content (AvgIpc) is 3.04. The van der Waals surface area contributed by atoms with Crippen LogP contribution in [0.2, 0.25) is 0 Å². The minimum atomic E-state index is -0.179. The van der Waals surface area contributed by atoms with Gasteiger partial charge in [0.15, 0.2) is 6.29 Å². The predicted octanol–water partition coefficient (Wildman–Crippen LogP) is 4.30. The molecular weight excluding hydrogens is 260 g/mol. The topological polar surface area (TPSA) is 18.5 Å². The summed E-state index contributed by atoms with van der Waals surface area (Å²) in [4.78, 5) is 0. The Labute approximate surface area is 126 Å². The maximum Gasteiger partial charge on any atom is 0.184 e. The van der Waals surface area contributed by atoms with Crippen LogP contribution >= 0.6 is 0 Å². The van der Waals surface area contributed by atoms with Crippen molar-refractivity contribution >= 4 is 6.08 Å². The van der Waals surface area contributed by atoms with E-state index in [1.54, 1.807) is 0 Å². The molecule has 0 aromatic heterocycles. The second kappa shape index (κ2) is 6.70. The minimum absolute atomic E-state index is 0.179. The molecule has 1 aliphatic rings. The van der Waals surface area contributed by atoms with Crippen molar-refractivity contribution in [3.63, 3.8) is 0 Å². The van der Waals surface area contributed by atoms with Gasteiger partial charge in [0, 0.05) is 5.56 Å². The third kappa shape index (κ3) is 3.81. The Balaban J connectivity index is 1.58. The van der Waals surface area contributed by atoms with Crippen LogP contribution in [-0.2, 0) is 15.9 Å². The molecule has 108 valence electrons. The molecule has 1 aliphatic heterocycles. The van der Waals surface area contributed by atoms with Crippen LogP contribution in [0.5, 0.6) is 0 Å². The fourth-order valence-electron chi connectivity index (χ4n) is 2.37. The Morgan fingerprint density at radius 1 is 0.952 bits per heavy atom. The largest absolute Gasteiger partial charge is 0.346 e. The van der Waals surface area contributed by atoms with Crippen LogP contribution in [0.25, 0.3) is 6.08 Å². The molecule has 3 rings (SSSR count). The highest BCUT2D eigenvalue weighted by molar-refractivity contribution is 5.50. The summed E-state index contributed by atoms with van der Waals surface area (Å²) in [5, 5.41) is 0. The molecule has 21 heavy (non-hydrogen) atoms. The minimum Gasteiger partial charge on any atom is -0.346 e. The van der Waals surface area contributed by atoms with Crippen molar-refractivity contribution in [3.8, 4) is 0 Å². The lowest BCUT2D eigenvalue weighted by molar-refractivity contribution is -0.0441. The van der Waals surface area contributed by atoms with Crippen molar-refractivity contribution in [3.05, 3.63) is 76.9 Å². The van der Waals surface area contributed by atoms with Gasteiger partial charge in [-0.1, -0.05) is 66.2 Å². The average molecular weight is 280 g/mol. The summed E-state index contributed by atoms with van der Waals surface area (Å²) < 4.78 is 11.0. The molecule has 1 heterocycles. The molecule has 0 radical (unpaired) electrons. The van der Waals surface area contributed by atoms with Crippen LogP contribution in [0, 0.1) is 6.92 Å². The number of ether oxygens (including phenoxy) is 2. The highest BCUT2D eigenvalue weighted by Crippen LogP contribution is 2.23. The van der Waals surface area contributed by atoms with Crippen molar-refractivity contribution in [1.82, 2.24) is 0 Å². The second-order valence-corrected chi connectivity index (χ2v) is 5.33. The van der Waals surface area contributed by atoms with E-state index in [-0.39, 0.29) is 6.29 Å². The number of aryl methyl sites for hydroxylation is 1. The van der Waals surface area contributed by atoms with Crippen molar-refractivity contribution in [2.75, 3.05) is 13.2 Å². The molecule has 0 spiro atoms. The molecule has 0 amide bonds. The maximum absolute atomic E-state index is 5.49. The lowest BCUT2D eigenvalue weighted by Gasteiger charge is -2.09. The van der Waals surface area contributed by atoms with E-state index < -0.39 is 0 Å². The molecule has 1 fully saturated rings. The van der Waals surface area contributed by atoms with Crippen LogP contribution < -0.4 is 0 Å². The van der Waals surface area contributed by atoms with Crippen LogP contribution in [0.15, 0.2) is 54.6 Å². The molecule has 2 heteroatoms. The van der Waals surface area contributed by atoms with E-state index in [2.05, 4.69) is 67.6 Å². The highest BCUT2D eigenvalue weighted by Gasteiger charge is 2.17. The molecule has 0 bridgehead atoms. The number of benzene rings is 2. The number of rotatable bonds is 4. The second-order valence-electron chi connectivity index (χ2n) is 5.33. The molecule has 0 atom stereocenters. The fourth-order valence-corrected chi connectivity index (χ4v) is 2.37. The van der Waals surface area contributed by atoms with E-state index in [0.29, 0.717) is 13.2 Å². The smallest absolute Gasteiger partial charge is 0.184 e.